The fourth-order valence-electron chi connectivity index (χ4n) is 1.74. The van der Waals surface area contributed by atoms with E-state index in [0.717, 1.165) is 5.75 Å². The molecule has 0 spiro atoms. The van der Waals surface area contributed by atoms with Gasteiger partial charge >= 0.3 is 0 Å². The lowest BCUT2D eigenvalue weighted by molar-refractivity contribution is -0.121. The molecule has 0 saturated carbocycles. The highest BCUT2D eigenvalue weighted by molar-refractivity contribution is 5.96. The molecule has 1 aromatic carbocycles. The number of nitrogens with two attached hydrogens (primary N) is 1. The van der Waals surface area contributed by atoms with Gasteiger partial charge in [0.15, 0.2) is 5.78 Å². The summed E-state index contributed by atoms with van der Waals surface area (Å²) in [5, 5.41) is 2.77. The van der Waals surface area contributed by atoms with Gasteiger partial charge in [-0.15, -0.1) is 12.4 Å². The van der Waals surface area contributed by atoms with Crippen molar-refractivity contribution in [1.82, 2.24) is 5.32 Å². The van der Waals surface area contributed by atoms with Crippen LogP contribution in [0.15, 0.2) is 24.3 Å². The predicted molar refractivity (Wildman–Crippen MR) is 85.1 cm³/mol. The molecular formula is C15H23ClN2O3. The third-order valence-electron chi connectivity index (χ3n) is 2.98. The second kappa shape index (κ2) is 10.2. The largest absolute Gasteiger partial charge is 0.497 e. The molecule has 21 heavy (non-hydrogen) atoms. The van der Waals surface area contributed by atoms with Crippen molar-refractivity contribution in [3.8, 4) is 5.75 Å². The van der Waals surface area contributed by atoms with Gasteiger partial charge in [-0.2, -0.15) is 0 Å². The van der Waals surface area contributed by atoms with Crippen LogP contribution in [0.25, 0.3) is 0 Å². The normalized spacial score (nSPS) is 11.2. The van der Waals surface area contributed by atoms with E-state index in [9.17, 15) is 9.59 Å². The molecule has 5 nitrogen and oxygen atoms in total. The summed E-state index contributed by atoms with van der Waals surface area (Å²) < 4.78 is 5.03. The summed E-state index contributed by atoms with van der Waals surface area (Å²) in [7, 11) is 1.58. The summed E-state index contributed by atoms with van der Waals surface area (Å²) in [4.78, 5) is 23.4. The molecule has 0 bridgehead atoms. The van der Waals surface area contributed by atoms with Crippen LogP contribution >= 0.6 is 12.4 Å². The summed E-state index contributed by atoms with van der Waals surface area (Å²) in [6.45, 7) is 2.26. The third kappa shape index (κ3) is 7.11. The Morgan fingerprint density at radius 2 is 1.86 bits per heavy atom. The molecular weight excluding hydrogens is 292 g/mol. The molecule has 0 aliphatic rings. The topological polar surface area (TPSA) is 81.4 Å². The van der Waals surface area contributed by atoms with Gasteiger partial charge in [0.05, 0.1) is 7.11 Å². The standard InChI is InChI=1S/C15H22N2O3.ClH/c1-11(10-16)17-15(19)5-3-4-14(18)12-6-8-13(20-2)9-7-12;/h6-9,11H,3-5,10,16H2,1-2H3,(H,17,19);1H/t11-;/m0./s1. The predicted octanol–water partition coefficient (Wildman–Crippen LogP) is 1.93. The second-order valence-electron chi connectivity index (χ2n) is 4.71. The van der Waals surface area contributed by atoms with Gasteiger partial charge in [-0.1, -0.05) is 0 Å². The van der Waals surface area contributed by atoms with E-state index in [1.165, 1.54) is 0 Å². The Bertz CT molecular complexity index is 449. The minimum absolute atomic E-state index is 0. The molecule has 0 aliphatic heterocycles. The summed E-state index contributed by atoms with van der Waals surface area (Å²) in [6.07, 6.45) is 1.23. The smallest absolute Gasteiger partial charge is 0.220 e. The first kappa shape index (κ1) is 19.4. The molecule has 118 valence electrons. The molecule has 0 radical (unpaired) electrons. The van der Waals surface area contributed by atoms with Crippen molar-refractivity contribution in [2.75, 3.05) is 13.7 Å². The number of halogens is 1. The summed E-state index contributed by atoms with van der Waals surface area (Å²) in [5.41, 5.74) is 6.06. The molecule has 1 rings (SSSR count). The van der Waals surface area contributed by atoms with Crippen LogP contribution in [-0.4, -0.2) is 31.4 Å². The van der Waals surface area contributed by atoms with Crippen LogP contribution in [0.3, 0.4) is 0 Å². The lowest BCUT2D eigenvalue weighted by Crippen LogP contribution is -2.37. The number of nitrogens with one attached hydrogen (secondary N) is 1. The quantitative estimate of drug-likeness (QED) is 0.718. The van der Waals surface area contributed by atoms with Crippen LogP contribution in [0.2, 0.25) is 0 Å². The van der Waals surface area contributed by atoms with E-state index in [2.05, 4.69) is 5.32 Å². The first-order chi connectivity index (χ1) is 9.56. The van der Waals surface area contributed by atoms with Crippen LogP contribution in [0.5, 0.6) is 5.75 Å². The highest BCUT2D eigenvalue weighted by Crippen LogP contribution is 2.13. The van der Waals surface area contributed by atoms with Crippen molar-refractivity contribution >= 4 is 24.1 Å². The summed E-state index contributed by atoms with van der Waals surface area (Å²) in [5.74, 6) is 0.689. The molecule has 0 heterocycles. The molecule has 3 N–H and O–H groups in total. The SMILES string of the molecule is COc1ccc(C(=O)CCCC(=O)N[C@@H](C)CN)cc1.Cl. The minimum Gasteiger partial charge on any atom is -0.497 e. The number of carbonyl (C=O) groups is 2. The van der Waals surface area contributed by atoms with Crippen molar-refractivity contribution < 1.29 is 14.3 Å². The molecule has 0 unspecified atom stereocenters. The number of amides is 1. The molecule has 1 aromatic rings. The Labute approximate surface area is 131 Å². The molecule has 0 aromatic heterocycles. The van der Waals surface area contributed by atoms with Gasteiger partial charge in [0.2, 0.25) is 5.91 Å². The lowest BCUT2D eigenvalue weighted by Gasteiger charge is -2.10. The summed E-state index contributed by atoms with van der Waals surface area (Å²) >= 11 is 0. The Morgan fingerprint density at radius 1 is 1.24 bits per heavy atom. The monoisotopic (exact) mass is 314 g/mol. The van der Waals surface area contributed by atoms with E-state index in [0.29, 0.717) is 31.4 Å². The average molecular weight is 315 g/mol. The number of hydrogen-bond acceptors (Lipinski definition) is 4. The maximum Gasteiger partial charge on any atom is 0.220 e. The fraction of sp³-hybridized carbons (Fsp3) is 0.467. The molecule has 0 aliphatic carbocycles. The van der Waals surface area contributed by atoms with Gasteiger partial charge in [-0.05, 0) is 37.6 Å². The maximum atomic E-state index is 11.9. The summed E-state index contributed by atoms with van der Waals surface area (Å²) in [6, 6.07) is 6.95. The molecule has 6 heteroatoms. The van der Waals surface area contributed by atoms with Crippen LogP contribution < -0.4 is 15.8 Å². The Hall–Kier alpha value is -1.59. The fourth-order valence-corrected chi connectivity index (χ4v) is 1.74. The van der Waals surface area contributed by atoms with Crippen molar-refractivity contribution in [2.45, 2.75) is 32.2 Å². The molecule has 1 amide bonds. The van der Waals surface area contributed by atoms with Crippen LogP contribution in [0.4, 0.5) is 0 Å². The van der Waals surface area contributed by atoms with E-state index in [-0.39, 0.29) is 30.1 Å². The van der Waals surface area contributed by atoms with Crippen molar-refractivity contribution in [3.63, 3.8) is 0 Å². The Morgan fingerprint density at radius 3 is 2.38 bits per heavy atom. The van der Waals surface area contributed by atoms with Gasteiger partial charge in [0.25, 0.3) is 0 Å². The number of Topliss-reactive ketones (excluding diaryl/α,β-unsaturated/α-hetero) is 1. The molecule has 0 fully saturated rings. The zero-order valence-electron chi connectivity index (χ0n) is 12.4. The average Bonchev–Trinajstić information content (AvgIpc) is 2.47. The number of benzene rings is 1. The van der Waals surface area contributed by atoms with E-state index in [4.69, 9.17) is 10.5 Å². The van der Waals surface area contributed by atoms with Crippen LogP contribution in [-0.2, 0) is 4.79 Å². The lowest BCUT2D eigenvalue weighted by atomic mass is 10.1. The number of ether oxygens (including phenoxy) is 1. The van der Waals surface area contributed by atoms with E-state index in [1.807, 2.05) is 6.92 Å². The van der Waals surface area contributed by atoms with Gasteiger partial charge < -0.3 is 15.8 Å². The van der Waals surface area contributed by atoms with Crippen molar-refractivity contribution in [2.24, 2.45) is 5.73 Å². The number of rotatable bonds is 8. The van der Waals surface area contributed by atoms with Gasteiger partial charge in [-0.3, -0.25) is 9.59 Å². The highest BCUT2D eigenvalue weighted by atomic mass is 35.5. The van der Waals surface area contributed by atoms with Crippen LogP contribution in [0, 0.1) is 0 Å². The first-order valence-electron chi connectivity index (χ1n) is 6.73. The maximum absolute atomic E-state index is 11.9. The number of methoxy groups -OCH3 is 1. The Kier molecular flexibility index (Phi) is 9.41. The zero-order chi connectivity index (χ0) is 15.0. The molecule has 1 atom stereocenters. The van der Waals surface area contributed by atoms with Crippen molar-refractivity contribution in [1.29, 1.82) is 0 Å². The third-order valence-corrected chi connectivity index (χ3v) is 2.98. The van der Waals surface area contributed by atoms with E-state index >= 15 is 0 Å². The first-order valence-corrected chi connectivity index (χ1v) is 6.73. The zero-order valence-corrected chi connectivity index (χ0v) is 13.2. The second-order valence-corrected chi connectivity index (χ2v) is 4.71. The van der Waals surface area contributed by atoms with E-state index in [1.54, 1.807) is 31.4 Å². The molecule has 0 saturated heterocycles. The highest BCUT2D eigenvalue weighted by Gasteiger charge is 2.09. The van der Waals surface area contributed by atoms with E-state index < -0.39 is 0 Å². The number of ketones is 1. The Balaban J connectivity index is 0.00000400. The van der Waals surface area contributed by atoms with Gasteiger partial charge in [-0.25, -0.2) is 0 Å². The van der Waals surface area contributed by atoms with Gasteiger partial charge in [0, 0.05) is 31.0 Å². The number of carbonyl (C=O) groups excluding carboxylic acids is 2. The van der Waals surface area contributed by atoms with Crippen molar-refractivity contribution in [3.05, 3.63) is 29.8 Å². The minimum atomic E-state index is -0.0644. The number of hydrogen-bond donors (Lipinski definition) is 2. The van der Waals surface area contributed by atoms with Gasteiger partial charge in [0.1, 0.15) is 5.75 Å². The van der Waals surface area contributed by atoms with Crippen LogP contribution in [0.1, 0.15) is 36.5 Å².